The van der Waals surface area contributed by atoms with E-state index in [-0.39, 0.29) is 40.3 Å². The van der Waals surface area contributed by atoms with Gasteiger partial charge in [0.05, 0.1) is 17.3 Å². The topological polar surface area (TPSA) is 78.0 Å². The second-order valence-corrected chi connectivity index (χ2v) is 7.53. The first-order valence-corrected chi connectivity index (χ1v) is 9.97. The summed E-state index contributed by atoms with van der Waals surface area (Å²) in [5, 5.41) is 7.12. The Labute approximate surface area is 189 Å². The van der Waals surface area contributed by atoms with Crippen LogP contribution in [-0.2, 0) is 0 Å². The Hall–Kier alpha value is -2.35. The van der Waals surface area contributed by atoms with Gasteiger partial charge in [0.1, 0.15) is 11.9 Å². The van der Waals surface area contributed by atoms with Crippen molar-refractivity contribution in [3.63, 3.8) is 0 Å². The first kappa shape index (κ1) is 16.4. The number of piperidine rings is 1. The monoisotopic (exact) mass is 453 g/mol. The molecule has 0 amide bonds. The second kappa shape index (κ2) is 8.79. The molecule has 1 atom stereocenters. The van der Waals surface area contributed by atoms with Gasteiger partial charge in [0, 0.05) is 39.6 Å². The van der Waals surface area contributed by atoms with Crippen molar-refractivity contribution in [1.29, 1.82) is 0 Å². The highest BCUT2D eigenvalue weighted by Gasteiger charge is 2.21. The molecule has 30 heavy (non-hydrogen) atoms. The van der Waals surface area contributed by atoms with Crippen LogP contribution in [-0.4, -0.2) is 27.9 Å². The van der Waals surface area contributed by atoms with Crippen LogP contribution in [0.15, 0.2) is 36.8 Å². The van der Waals surface area contributed by atoms with Crippen molar-refractivity contribution in [2.24, 2.45) is 0 Å². The summed E-state index contributed by atoms with van der Waals surface area (Å²) in [6.45, 7) is 1.67. The number of nitrogens with two attached hydrogens (primary N) is 1. The fourth-order valence-corrected chi connectivity index (χ4v) is 3.84. The van der Waals surface area contributed by atoms with Gasteiger partial charge in [0.2, 0.25) is 0 Å². The summed E-state index contributed by atoms with van der Waals surface area (Å²) < 4.78 is 54.2. The van der Waals surface area contributed by atoms with Crippen LogP contribution >= 0.6 is 23.2 Å². The standard InChI is InChI=1S/C21H22Cl2FN5O/c1-12(19-16(22)2-3-17(24)20(19)23)30-18-8-13(9-27-21(18)25)14-10-28-29(11-14)15-4-6-26-7-5-15/h2-3,8-12,15,26H,4-7H2,1H3,(H2,25,27)/t12-/m1/s1/i4D2,5D2. The number of anilines is 1. The van der Waals surface area contributed by atoms with Crippen molar-refractivity contribution < 1.29 is 14.6 Å². The maximum absolute atomic E-state index is 13.9. The molecule has 0 saturated carbocycles. The highest BCUT2D eigenvalue weighted by atomic mass is 35.5. The lowest BCUT2D eigenvalue weighted by molar-refractivity contribution is 0.227. The Bertz CT molecular complexity index is 1210. The first-order valence-electron chi connectivity index (χ1n) is 11.2. The van der Waals surface area contributed by atoms with Crippen LogP contribution in [0.2, 0.25) is 10.0 Å². The molecule has 6 nitrogen and oxygen atoms in total. The minimum atomic E-state index is -1.85. The van der Waals surface area contributed by atoms with Crippen LogP contribution in [0.5, 0.6) is 5.75 Å². The summed E-state index contributed by atoms with van der Waals surface area (Å²) >= 11 is 12.3. The zero-order valence-corrected chi connectivity index (χ0v) is 17.5. The lowest BCUT2D eigenvalue weighted by Gasteiger charge is -2.22. The minimum Gasteiger partial charge on any atom is -0.482 e. The molecule has 3 heterocycles. The van der Waals surface area contributed by atoms with Gasteiger partial charge in [-0.1, -0.05) is 23.2 Å². The van der Waals surface area contributed by atoms with Gasteiger partial charge in [0.25, 0.3) is 0 Å². The van der Waals surface area contributed by atoms with E-state index in [1.807, 2.05) is 0 Å². The third-order valence-electron chi connectivity index (χ3n) is 4.71. The molecule has 1 fully saturated rings. The Morgan fingerprint density at radius 1 is 1.30 bits per heavy atom. The maximum atomic E-state index is 13.9. The van der Waals surface area contributed by atoms with E-state index in [4.69, 9.17) is 39.2 Å². The normalized spacial score (nSPS) is 21.2. The minimum absolute atomic E-state index is 0.0108. The summed E-state index contributed by atoms with van der Waals surface area (Å²) in [5.41, 5.74) is 7.40. The van der Waals surface area contributed by atoms with Gasteiger partial charge < -0.3 is 15.8 Å². The second-order valence-electron chi connectivity index (χ2n) is 6.75. The molecule has 4 rings (SSSR count). The van der Waals surface area contributed by atoms with Crippen LogP contribution in [0, 0.1) is 5.82 Å². The maximum Gasteiger partial charge on any atom is 0.166 e. The van der Waals surface area contributed by atoms with Crippen molar-refractivity contribution >= 4 is 29.0 Å². The largest absolute Gasteiger partial charge is 0.482 e. The summed E-state index contributed by atoms with van der Waals surface area (Å²) in [4.78, 5) is 4.16. The van der Waals surface area contributed by atoms with E-state index in [0.717, 1.165) is 0 Å². The van der Waals surface area contributed by atoms with Crippen LogP contribution in [0.1, 0.15) is 42.9 Å². The molecule has 0 radical (unpaired) electrons. The van der Waals surface area contributed by atoms with Crippen molar-refractivity contribution in [3.05, 3.63) is 58.2 Å². The van der Waals surface area contributed by atoms with E-state index in [1.165, 1.54) is 29.2 Å². The van der Waals surface area contributed by atoms with E-state index in [1.54, 1.807) is 19.2 Å². The molecule has 3 aromatic rings. The third-order valence-corrected chi connectivity index (χ3v) is 5.43. The predicted molar refractivity (Wildman–Crippen MR) is 116 cm³/mol. The average Bonchev–Trinajstić information content (AvgIpc) is 3.20. The molecular formula is C21H22Cl2FN5O. The number of nitrogens with zero attached hydrogens (tertiary/aromatic N) is 3. The number of pyridine rings is 1. The van der Waals surface area contributed by atoms with Crippen molar-refractivity contribution in [3.8, 4) is 16.9 Å². The molecule has 1 aliphatic rings. The van der Waals surface area contributed by atoms with Gasteiger partial charge in [-0.15, -0.1) is 0 Å². The Kier molecular flexibility index (Phi) is 4.80. The van der Waals surface area contributed by atoms with Crippen LogP contribution in [0.3, 0.4) is 0 Å². The fourth-order valence-electron chi connectivity index (χ4n) is 3.16. The van der Waals surface area contributed by atoms with Gasteiger partial charge in [-0.3, -0.25) is 4.68 Å². The highest BCUT2D eigenvalue weighted by Crippen LogP contribution is 2.37. The number of benzene rings is 1. The quantitative estimate of drug-likeness (QED) is 0.529. The zero-order chi connectivity index (χ0) is 24.8. The summed E-state index contributed by atoms with van der Waals surface area (Å²) in [6, 6.07) is 3.06. The van der Waals surface area contributed by atoms with Crippen molar-refractivity contribution in [1.82, 2.24) is 20.1 Å². The molecule has 0 aliphatic carbocycles. The number of hydrogen-bond acceptors (Lipinski definition) is 5. The smallest absolute Gasteiger partial charge is 0.166 e. The zero-order valence-electron chi connectivity index (χ0n) is 20.0. The molecular weight excluding hydrogens is 428 g/mol. The molecule has 3 N–H and O–H groups in total. The van der Waals surface area contributed by atoms with Crippen molar-refractivity contribution in [2.45, 2.75) is 31.8 Å². The van der Waals surface area contributed by atoms with Gasteiger partial charge in [0.15, 0.2) is 11.6 Å². The molecule has 2 aromatic heterocycles. The van der Waals surface area contributed by atoms with Gasteiger partial charge in [-0.25, -0.2) is 9.37 Å². The van der Waals surface area contributed by atoms with E-state index < -0.39 is 30.7 Å². The Morgan fingerprint density at radius 2 is 2.07 bits per heavy atom. The number of halogens is 3. The lowest BCUT2D eigenvalue weighted by atomic mass is 10.1. The Morgan fingerprint density at radius 3 is 2.83 bits per heavy atom. The van der Waals surface area contributed by atoms with E-state index in [0.29, 0.717) is 11.1 Å². The third kappa shape index (κ3) is 4.24. The molecule has 0 spiro atoms. The number of nitrogens with one attached hydrogen (secondary N) is 1. The van der Waals surface area contributed by atoms with E-state index in [2.05, 4.69) is 15.4 Å². The lowest BCUT2D eigenvalue weighted by Crippen LogP contribution is -2.29. The SMILES string of the molecule is [2H]C1([2H])CNCC([2H])([2H])C1n1cc(-c2cnc(N)c(O[C@H](C)c3c(Cl)ccc(F)c3Cl)c2)cn1. The van der Waals surface area contributed by atoms with Crippen LogP contribution in [0.25, 0.3) is 11.1 Å². The number of aromatic nitrogens is 3. The average molecular weight is 454 g/mol. The van der Waals surface area contributed by atoms with E-state index >= 15 is 0 Å². The first-order chi connectivity index (χ1) is 15.9. The molecule has 9 heteroatoms. The van der Waals surface area contributed by atoms with Gasteiger partial charge in [-0.05, 0) is 51.0 Å². The fraction of sp³-hybridized carbons (Fsp3) is 0.333. The van der Waals surface area contributed by atoms with Crippen LogP contribution in [0.4, 0.5) is 10.2 Å². The van der Waals surface area contributed by atoms with Gasteiger partial charge in [-0.2, -0.15) is 5.10 Å². The van der Waals surface area contributed by atoms with Crippen LogP contribution < -0.4 is 15.8 Å². The molecule has 0 bridgehead atoms. The molecule has 1 aliphatic heterocycles. The van der Waals surface area contributed by atoms with E-state index in [9.17, 15) is 4.39 Å². The summed E-state index contributed by atoms with van der Waals surface area (Å²) in [5.74, 6) is -0.319. The Balaban J connectivity index is 1.64. The molecule has 0 unspecified atom stereocenters. The number of hydrogen-bond donors (Lipinski definition) is 2. The molecule has 1 saturated heterocycles. The molecule has 158 valence electrons. The summed E-state index contributed by atoms with van der Waals surface area (Å²) in [7, 11) is 0. The number of ether oxygens (including phenoxy) is 1. The molecule has 1 aromatic carbocycles. The highest BCUT2D eigenvalue weighted by molar-refractivity contribution is 6.36. The summed E-state index contributed by atoms with van der Waals surface area (Å²) in [6.07, 6.45) is 0.116. The predicted octanol–water partition coefficient (Wildman–Crippen LogP) is 5.04. The number of nitrogen functional groups attached to an aromatic ring is 1. The van der Waals surface area contributed by atoms with Gasteiger partial charge >= 0.3 is 0 Å². The van der Waals surface area contributed by atoms with Crippen molar-refractivity contribution in [2.75, 3.05) is 18.8 Å². The number of rotatable bonds is 5.